The Kier molecular flexibility index (Phi) is 4.07. The molecule has 1 aliphatic carbocycles. The van der Waals surface area contributed by atoms with E-state index < -0.39 is 0 Å². The van der Waals surface area contributed by atoms with Crippen LogP contribution in [0.2, 0.25) is 0 Å². The van der Waals surface area contributed by atoms with Crippen LogP contribution in [0.1, 0.15) is 49.7 Å². The average Bonchev–Trinajstić information content (AvgIpc) is 2.79. The number of ether oxygens (including phenoxy) is 1. The highest BCUT2D eigenvalue weighted by molar-refractivity contribution is 5.39. The Labute approximate surface area is 115 Å². The maximum absolute atomic E-state index is 10.2. The van der Waals surface area contributed by atoms with Gasteiger partial charge in [0.25, 0.3) is 0 Å². The lowest BCUT2D eigenvalue weighted by Gasteiger charge is -2.20. The topological polar surface area (TPSA) is 29.5 Å². The summed E-state index contributed by atoms with van der Waals surface area (Å²) in [5.74, 6) is 1.57. The van der Waals surface area contributed by atoms with Crippen LogP contribution in [-0.4, -0.2) is 17.8 Å². The average molecular weight is 260 g/mol. The zero-order valence-electron chi connectivity index (χ0n) is 11.6. The quantitative estimate of drug-likeness (QED) is 0.843. The lowest BCUT2D eigenvalue weighted by molar-refractivity contribution is 0.0960. The molecule has 2 atom stereocenters. The third kappa shape index (κ3) is 3.11. The van der Waals surface area contributed by atoms with Gasteiger partial charge in [-0.1, -0.05) is 31.4 Å². The second kappa shape index (κ2) is 5.96. The summed E-state index contributed by atoms with van der Waals surface area (Å²) in [7, 11) is 0. The van der Waals surface area contributed by atoms with Crippen molar-refractivity contribution in [1.82, 2.24) is 0 Å². The zero-order chi connectivity index (χ0) is 13.1. The SMILES string of the molecule is OC1CCCCCC1CCc1ccc2c(c1)CCO2. The normalized spacial score (nSPS) is 26.6. The number of hydrogen-bond donors (Lipinski definition) is 1. The Balaban J connectivity index is 1.59. The molecule has 2 nitrogen and oxygen atoms in total. The van der Waals surface area contributed by atoms with E-state index in [2.05, 4.69) is 18.2 Å². The van der Waals surface area contributed by atoms with Gasteiger partial charge in [0.1, 0.15) is 5.75 Å². The van der Waals surface area contributed by atoms with Crippen molar-refractivity contribution in [1.29, 1.82) is 0 Å². The van der Waals surface area contributed by atoms with Crippen molar-refractivity contribution >= 4 is 0 Å². The summed E-state index contributed by atoms with van der Waals surface area (Å²) in [6, 6.07) is 6.60. The maximum Gasteiger partial charge on any atom is 0.122 e. The standard InChI is InChI=1S/C17H24O2/c18-16-5-3-1-2-4-14(16)8-6-13-7-9-17-15(12-13)10-11-19-17/h7,9,12,14,16,18H,1-6,8,10-11H2. The third-order valence-electron chi connectivity index (χ3n) is 4.68. The number of aliphatic hydroxyl groups is 1. The second-order valence-corrected chi connectivity index (χ2v) is 6.04. The first-order valence-electron chi connectivity index (χ1n) is 7.75. The zero-order valence-corrected chi connectivity index (χ0v) is 11.6. The van der Waals surface area contributed by atoms with Crippen molar-refractivity contribution in [3.63, 3.8) is 0 Å². The van der Waals surface area contributed by atoms with Gasteiger partial charge in [-0.3, -0.25) is 0 Å². The predicted molar refractivity (Wildman–Crippen MR) is 76.5 cm³/mol. The van der Waals surface area contributed by atoms with Crippen molar-refractivity contribution in [2.45, 2.75) is 57.5 Å². The molecule has 1 N–H and O–H groups in total. The summed E-state index contributed by atoms with van der Waals surface area (Å²) in [5, 5.41) is 10.2. The van der Waals surface area contributed by atoms with Crippen LogP contribution in [0, 0.1) is 5.92 Å². The van der Waals surface area contributed by atoms with Gasteiger partial charge >= 0.3 is 0 Å². The van der Waals surface area contributed by atoms with E-state index in [0.717, 1.165) is 38.0 Å². The van der Waals surface area contributed by atoms with Gasteiger partial charge in [0.05, 0.1) is 12.7 Å². The Bertz CT molecular complexity index is 427. The molecule has 2 unspecified atom stereocenters. The van der Waals surface area contributed by atoms with Crippen LogP contribution in [0.5, 0.6) is 5.75 Å². The van der Waals surface area contributed by atoms with Crippen molar-refractivity contribution < 1.29 is 9.84 Å². The highest BCUT2D eigenvalue weighted by Gasteiger charge is 2.21. The number of benzene rings is 1. The molecule has 0 aromatic heterocycles. The van der Waals surface area contributed by atoms with Gasteiger partial charge in [0, 0.05) is 6.42 Å². The molecule has 1 heterocycles. The summed E-state index contributed by atoms with van der Waals surface area (Å²) in [4.78, 5) is 0. The van der Waals surface area contributed by atoms with E-state index in [0.29, 0.717) is 5.92 Å². The van der Waals surface area contributed by atoms with E-state index in [-0.39, 0.29) is 6.10 Å². The minimum absolute atomic E-state index is 0.0692. The van der Waals surface area contributed by atoms with Gasteiger partial charge < -0.3 is 9.84 Å². The van der Waals surface area contributed by atoms with E-state index in [1.54, 1.807) is 0 Å². The molecular weight excluding hydrogens is 236 g/mol. The number of rotatable bonds is 3. The summed E-state index contributed by atoms with van der Waals surface area (Å²) in [5.41, 5.74) is 2.76. The lowest BCUT2D eigenvalue weighted by Crippen LogP contribution is -2.19. The van der Waals surface area contributed by atoms with E-state index in [4.69, 9.17) is 4.74 Å². The first-order valence-corrected chi connectivity index (χ1v) is 7.75. The molecule has 0 spiro atoms. The highest BCUT2D eigenvalue weighted by atomic mass is 16.5. The molecule has 0 bridgehead atoms. The van der Waals surface area contributed by atoms with Crippen LogP contribution in [0.4, 0.5) is 0 Å². The van der Waals surface area contributed by atoms with Gasteiger partial charge in [-0.05, 0) is 48.8 Å². The fourth-order valence-electron chi connectivity index (χ4n) is 3.45. The van der Waals surface area contributed by atoms with Crippen molar-refractivity contribution in [3.8, 4) is 5.75 Å². The molecule has 1 aliphatic heterocycles. The second-order valence-electron chi connectivity index (χ2n) is 6.04. The highest BCUT2D eigenvalue weighted by Crippen LogP contribution is 2.29. The molecule has 19 heavy (non-hydrogen) atoms. The van der Waals surface area contributed by atoms with Gasteiger partial charge in [-0.2, -0.15) is 0 Å². The molecular formula is C17H24O2. The Hall–Kier alpha value is -1.02. The molecule has 0 saturated heterocycles. The van der Waals surface area contributed by atoms with Crippen LogP contribution < -0.4 is 4.74 Å². The van der Waals surface area contributed by atoms with Gasteiger partial charge in [-0.15, -0.1) is 0 Å². The third-order valence-corrected chi connectivity index (χ3v) is 4.68. The first-order chi connectivity index (χ1) is 9.33. The van der Waals surface area contributed by atoms with Crippen molar-refractivity contribution in [3.05, 3.63) is 29.3 Å². The maximum atomic E-state index is 10.2. The molecule has 104 valence electrons. The molecule has 1 fully saturated rings. The van der Waals surface area contributed by atoms with Crippen molar-refractivity contribution in [2.75, 3.05) is 6.61 Å². The Morgan fingerprint density at radius 1 is 1.16 bits per heavy atom. The molecule has 0 amide bonds. The number of hydrogen-bond acceptors (Lipinski definition) is 2. The molecule has 1 saturated carbocycles. The molecule has 1 aromatic carbocycles. The fraction of sp³-hybridized carbons (Fsp3) is 0.647. The summed E-state index contributed by atoms with van der Waals surface area (Å²) in [6.45, 7) is 0.833. The summed E-state index contributed by atoms with van der Waals surface area (Å²) in [6.07, 6.45) is 9.19. The van der Waals surface area contributed by atoms with E-state index in [1.165, 1.54) is 36.8 Å². The monoisotopic (exact) mass is 260 g/mol. The van der Waals surface area contributed by atoms with Crippen LogP contribution in [-0.2, 0) is 12.8 Å². The Morgan fingerprint density at radius 3 is 3.00 bits per heavy atom. The number of fused-ring (bicyclic) bond motifs is 1. The van der Waals surface area contributed by atoms with Gasteiger partial charge in [0.2, 0.25) is 0 Å². The van der Waals surface area contributed by atoms with Crippen LogP contribution in [0.25, 0.3) is 0 Å². The predicted octanol–water partition coefficient (Wildman–Crippen LogP) is 3.50. The molecule has 2 heteroatoms. The van der Waals surface area contributed by atoms with Crippen LogP contribution in [0.3, 0.4) is 0 Å². The van der Waals surface area contributed by atoms with E-state index in [1.807, 2.05) is 0 Å². The minimum atomic E-state index is -0.0692. The van der Waals surface area contributed by atoms with Gasteiger partial charge in [0.15, 0.2) is 0 Å². The molecule has 1 aromatic rings. The smallest absolute Gasteiger partial charge is 0.122 e. The van der Waals surface area contributed by atoms with Crippen LogP contribution >= 0.6 is 0 Å². The van der Waals surface area contributed by atoms with E-state index in [9.17, 15) is 5.11 Å². The molecule has 3 rings (SSSR count). The lowest BCUT2D eigenvalue weighted by atomic mass is 9.90. The number of aliphatic hydroxyl groups excluding tert-OH is 1. The number of aryl methyl sites for hydroxylation is 1. The fourth-order valence-corrected chi connectivity index (χ4v) is 3.45. The Morgan fingerprint density at radius 2 is 2.05 bits per heavy atom. The molecule has 0 radical (unpaired) electrons. The molecule has 2 aliphatic rings. The summed E-state index contributed by atoms with van der Waals surface area (Å²) >= 11 is 0. The minimum Gasteiger partial charge on any atom is -0.493 e. The first kappa shape index (κ1) is 13.0. The van der Waals surface area contributed by atoms with E-state index >= 15 is 0 Å². The largest absolute Gasteiger partial charge is 0.493 e. The van der Waals surface area contributed by atoms with Gasteiger partial charge in [-0.25, -0.2) is 0 Å². The van der Waals surface area contributed by atoms with Crippen molar-refractivity contribution in [2.24, 2.45) is 5.92 Å². The summed E-state index contributed by atoms with van der Waals surface area (Å²) < 4.78 is 5.54. The van der Waals surface area contributed by atoms with Crippen LogP contribution in [0.15, 0.2) is 18.2 Å².